The summed E-state index contributed by atoms with van der Waals surface area (Å²) in [4.78, 5) is 4.94. The molecule has 0 saturated carbocycles. The van der Waals surface area contributed by atoms with E-state index < -0.39 is 12.6 Å². The van der Waals surface area contributed by atoms with Gasteiger partial charge in [0.2, 0.25) is 0 Å². The molecule has 0 aromatic carbocycles. The van der Waals surface area contributed by atoms with E-state index in [9.17, 15) is 13.2 Å². The third-order valence-electron chi connectivity index (χ3n) is 1.93. The molecular formula is C10H14F3N3S. The number of hydrogen-bond donors (Lipinski definition) is 2. The van der Waals surface area contributed by atoms with Crippen molar-refractivity contribution in [1.29, 1.82) is 0 Å². The van der Waals surface area contributed by atoms with Gasteiger partial charge in [0, 0.05) is 18.5 Å². The number of thiophene rings is 1. The minimum atomic E-state index is -4.14. The van der Waals surface area contributed by atoms with Crippen LogP contribution >= 0.6 is 11.3 Å². The van der Waals surface area contributed by atoms with E-state index in [1.54, 1.807) is 11.3 Å². The van der Waals surface area contributed by atoms with Gasteiger partial charge in [-0.15, -0.1) is 11.3 Å². The summed E-state index contributed by atoms with van der Waals surface area (Å²) < 4.78 is 35.8. The lowest BCUT2D eigenvalue weighted by Crippen LogP contribution is -2.38. The molecule has 0 saturated heterocycles. The van der Waals surface area contributed by atoms with Gasteiger partial charge in [0.05, 0.1) is 13.0 Å². The largest absolute Gasteiger partial charge is 0.390 e. The Labute approximate surface area is 102 Å². The number of alkyl halides is 3. The summed E-state index contributed by atoms with van der Waals surface area (Å²) in [5.74, 6) is 0.377. The Kier molecular flexibility index (Phi) is 5.27. The molecule has 1 rings (SSSR count). The maximum atomic E-state index is 11.9. The molecule has 1 aromatic rings. The second-order valence-electron chi connectivity index (χ2n) is 3.30. The van der Waals surface area contributed by atoms with Crippen molar-refractivity contribution in [2.24, 2.45) is 4.99 Å². The zero-order valence-electron chi connectivity index (χ0n) is 9.34. The van der Waals surface area contributed by atoms with Crippen LogP contribution in [0.15, 0.2) is 22.5 Å². The van der Waals surface area contributed by atoms with Crippen LogP contribution in [0.3, 0.4) is 0 Å². The Morgan fingerprint density at radius 3 is 2.71 bits per heavy atom. The molecule has 1 heterocycles. The van der Waals surface area contributed by atoms with E-state index in [2.05, 4.69) is 15.6 Å². The van der Waals surface area contributed by atoms with Gasteiger partial charge in [-0.2, -0.15) is 13.2 Å². The molecule has 0 unspecified atom stereocenters. The second kappa shape index (κ2) is 6.48. The van der Waals surface area contributed by atoms with Crippen molar-refractivity contribution in [3.63, 3.8) is 0 Å². The van der Waals surface area contributed by atoms with Gasteiger partial charge in [-0.3, -0.25) is 4.99 Å². The van der Waals surface area contributed by atoms with E-state index in [0.29, 0.717) is 12.5 Å². The number of nitrogens with one attached hydrogen (secondary N) is 2. The van der Waals surface area contributed by atoms with E-state index in [1.807, 2.05) is 17.5 Å². The van der Waals surface area contributed by atoms with Gasteiger partial charge in [0.25, 0.3) is 0 Å². The van der Waals surface area contributed by atoms with Crippen LogP contribution in [-0.2, 0) is 6.54 Å². The van der Waals surface area contributed by atoms with Crippen LogP contribution in [0.2, 0.25) is 0 Å². The number of guanidine groups is 1. The molecule has 96 valence electrons. The van der Waals surface area contributed by atoms with Gasteiger partial charge >= 0.3 is 6.18 Å². The Bertz CT molecular complexity index is 346. The Morgan fingerprint density at radius 1 is 1.41 bits per heavy atom. The van der Waals surface area contributed by atoms with Crippen molar-refractivity contribution >= 4 is 17.3 Å². The van der Waals surface area contributed by atoms with E-state index in [0.717, 1.165) is 4.88 Å². The molecule has 0 radical (unpaired) electrons. The quantitative estimate of drug-likeness (QED) is 0.647. The first-order valence-electron chi connectivity index (χ1n) is 5.05. The lowest BCUT2D eigenvalue weighted by molar-refractivity contribution is -0.132. The van der Waals surface area contributed by atoms with Crippen LogP contribution in [0.25, 0.3) is 0 Å². The first-order chi connectivity index (χ1) is 8.01. The molecule has 0 aliphatic heterocycles. The lowest BCUT2D eigenvalue weighted by atomic mass is 10.4. The van der Waals surface area contributed by atoms with Crippen molar-refractivity contribution in [3.8, 4) is 0 Å². The summed E-state index contributed by atoms with van der Waals surface area (Å²) in [6.07, 6.45) is -5.01. The fraction of sp³-hybridized carbons (Fsp3) is 0.500. The van der Waals surface area contributed by atoms with E-state index in [4.69, 9.17) is 0 Å². The maximum Gasteiger partial charge on any atom is 0.390 e. The molecular weight excluding hydrogens is 251 g/mol. The normalized spacial score (nSPS) is 12.6. The van der Waals surface area contributed by atoms with Gasteiger partial charge in [-0.05, 0) is 11.4 Å². The zero-order chi connectivity index (χ0) is 12.7. The summed E-state index contributed by atoms with van der Waals surface area (Å²) >= 11 is 1.58. The summed E-state index contributed by atoms with van der Waals surface area (Å²) in [5, 5.41) is 7.49. The smallest absolute Gasteiger partial charge is 0.356 e. The lowest BCUT2D eigenvalue weighted by Gasteiger charge is -2.12. The van der Waals surface area contributed by atoms with Crippen molar-refractivity contribution < 1.29 is 13.2 Å². The fourth-order valence-electron chi connectivity index (χ4n) is 1.13. The van der Waals surface area contributed by atoms with Crippen LogP contribution in [0.5, 0.6) is 0 Å². The summed E-state index contributed by atoms with van der Waals surface area (Å²) in [6.45, 7) is 0.386. The van der Waals surface area contributed by atoms with Gasteiger partial charge < -0.3 is 10.6 Å². The molecule has 1 aromatic heterocycles. The molecule has 0 amide bonds. The van der Waals surface area contributed by atoms with Crippen LogP contribution in [0, 0.1) is 0 Å². The standard InChI is InChI=1S/C10H14F3N3S/c1-14-9(15-5-4-10(11,12)13)16-7-8-3-2-6-17-8/h2-3,6H,4-5,7H2,1H3,(H2,14,15,16). The fourth-order valence-corrected chi connectivity index (χ4v) is 1.77. The molecule has 0 aliphatic carbocycles. The zero-order valence-corrected chi connectivity index (χ0v) is 10.2. The number of rotatable bonds is 4. The summed E-state index contributed by atoms with van der Waals surface area (Å²) in [5.41, 5.74) is 0. The molecule has 17 heavy (non-hydrogen) atoms. The second-order valence-corrected chi connectivity index (χ2v) is 4.33. The van der Waals surface area contributed by atoms with Crippen molar-refractivity contribution in [2.45, 2.75) is 19.1 Å². The highest BCUT2D eigenvalue weighted by molar-refractivity contribution is 7.09. The number of hydrogen-bond acceptors (Lipinski definition) is 2. The summed E-state index contributed by atoms with van der Waals surface area (Å²) in [7, 11) is 1.53. The molecule has 2 N–H and O–H groups in total. The highest BCUT2D eigenvalue weighted by Gasteiger charge is 2.26. The predicted octanol–water partition coefficient (Wildman–Crippen LogP) is 2.37. The van der Waals surface area contributed by atoms with E-state index in [-0.39, 0.29) is 6.54 Å². The Morgan fingerprint density at radius 2 is 2.18 bits per heavy atom. The van der Waals surface area contributed by atoms with Crippen molar-refractivity contribution in [1.82, 2.24) is 10.6 Å². The number of nitrogens with zero attached hydrogens (tertiary/aromatic N) is 1. The third-order valence-corrected chi connectivity index (χ3v) is 2.81. The monoisotopic (exact) mass is 265 g/mol. The van der Waals surface area contributed by atoms with Gasteiger partial charge in [0.15, 0.2) is 5.96 Å². The molecule has 0 bridgehead atoms. The Hall–Kier alpha value is -1.24. The minimum Gasteiger partial charge on any atom is -0.356 e. The maximum absolute atomic E-state index is 11.9. The number of halogens is 3. The van der Waals surface area contributed by atoms with E-state index >= 15 is 0 Å². The average Bonchev–Trinajstić information content (AvgIpc) is 2.74. The van der Waals surface area contributed by atoms with Gasteiger partial charge in [-0.1, -0.05) is 6.07 Å². The SMILES string of the molecule is CN=C(NCCC(F)(F)F)NCc1cccs1. The van der Waals surface area contributed by atoms with Crippen molar-refractivity contribution in [3.05, 3.63) is 22.4 Å². The minimum absolute atomic E-state index is 0.173. The molecule has 0 atom stereocenters. The molecule has 0 aliphatic rings. The van der Waals surface area contributed by atoms with Crippen LogP contribution in [0.1, 0.15) is 11.3 Å². The van der Waals surface area contributed by atoms with Crippen LogP contribution in [-0.4, -0.2) is 25.7 Å². The predicted molar refractivity (Wildman–Crippen MR) is 63.2 cm³/mol. The molecule has 0 fully saturated rings. The highest BCUT2D eigenvalue weighted by atomic mass is 32.1. The first-order valence-corrected chi connectivity index (χ1v) is 5.93. The topological polar surface area (TPSA) is 36.4 Å². The summed E-state index contributed by atoms with van der Waals surface area (Å²) in [6, 6.07) is 3.86. The van der Waals surface area contributed by atoms with Crippen LogP contribution in [0.4, 0.5) is 13.2 Å². The van der Waals surface area contributed by atoms with Crippen molar-refractivity contribution in [2.75, 3.05) is 13.6 Å². The van der Waals surface area contributed by atoms with Crippen LogP contribution < -0.4 is 10.6 Å². The molecule has 7 heteroatoms. The van der Waals surface area contributed by atoms with Gasteiger partial charge in [0.1, 0.15) is 0 Å². The van der Waals surface area contributed by atoms with Gasteiger partial charge in [-0.25, -0.2) is 0 Å². The first kappa shape index (κ1) is 13.8. The highest BCUT2D eigenvalue weighted by Crippen LogP contribution is 2.18. The number of aliphatic imine (C=N–C) groups is 1. The average molecular weight is 265 g/mol. The molecule has 0 spiro atoms. The van der Waals surface area contributed by atoms with E-state index in [1.165, 1.54) is 7.05 Å². The molecule has 3 nitrogen and oxygen atoms in total. The Balaban J connectivity index is 2.25. The third kappa shape index (κ3) is 6.15.